The van der Waals surface area contributed by atoms with E-state index >= 15 is 0 Å². The summed E-state index contributed by atoms with van der Waals surface area (Å²) < 4.78 is 51.9. The maximum Gasteiger partial charge on any atom is 0.388 e. The van der Waals surface area contributed by atoms with Crippen molar-refractivity contribution in [3.63, 3.8) is 0 Å². The summed E-state index contributed by atoms with van der Waals surface area (Å²) in [6.07, 6.45) is -0.410. The first-order valence-electron chi connectivity index (χ1n) is 7.52. The largest absolute Gasteiger partial charge is 0.482 e. The number of likely N-dealkylation sites (tertiary alicyclic amines) is 1. The molecule has 1 saturated heterocycles. The number of carbonyl (C=O) groups is 1. The number of nitrogens with zero attached hydrogens (tertiary/aromatic N) is 3. The fourth-order valence-corrected chi connectivity index (χ4v) is 2.31. The molecule has 26 heavy (non-hydrogen) atoms. The third kappa shape index (κ3) is 4.23. The van der Waals surface area contributed by atoms with Gasteiger partial charge in [-0.15, -0.1) is 0 Å². The van der Waals surface area contributed by atoms with E-state index in [0.29, 0.717) is 0 Å². The second kappa shape index (κ2) is 7.60. The number of oxazole rings is 1. The molecule has 11 heteroatoms. The minimum absolute atomic E-state index is 0.0382. The first kappa shape index (κ1) is 18.0. The topological polar surface area (TPSA) is 97.9 Å². The summed E-state index contributed by atoms with van der Waals surface area (Å²) in [5.41, 5.74) is -0.0382. The van der Waals surface area contributed by atoms with Gasteiger partial charge in [0.2, 0.25) is 11.8 Å². The number of hydrogen-bond donors (Lipinski definition) is 1. The van der Waals surface area contributed by atoms with Crippen LogP contribution in [0.3, 0.4) is 0 Å². The number of aliphatic hydroxyl groups is 1. The average molecular weight is 373 g/mol. The molecule has 0 radical (unpaired) electrons. The molecule has 2 aromatic heterocycles. The molecule has 0 aromatic carbocycles. The summed E-state index contributed by atoms with van der Waals surface area (Å²) in [4.78, 5) is 20.9. The van der Waals surface area contributed by atoms with Gasteiger partial charge in [-0.05, 0) is 6.07 Å². The molecule has 0 unspecified atom stereocenters. The zero-order valence-corrected chi connectivity index (χ0v) is 13.2. The van der Waals surface area contributed by atoms with E-state index in [4.69, 9.17) is 9.15 Å². The van der Waals surface area contributed by atoms with Crippen LogP contribution >= 0.6 is 0 Å². The number of ether oxygens (including phenoxy) is 2. The van der Waals surface area contributed by atoms with E-state index in [9.17, 15) is 23.1 Å². The number of halogens is 3. The zero-order valence-electron chi connectivity index (χ0n) is 13.2. The van der Waals surface area contributed by atoms with E-state index in [1.807, 2.05) is 0 Å². The van der Waals surface area contributed by atoms with Crippen molar-refractivity contribution in [3.05, 3.63) is 36.2 Å². The van der Waals surface area contributed by atoms with Gasteiger partial charge in [0.1, 0.15) is 24.3 Å². The molecule has 0 aliphatic carbocycles. The first-order chi connectivity index (χ1) is 12.4. The summed E-state index contributed by atoms with van der Waals surface area (Å²) in [5, 5.41) is 9.36. The highest BCUT2D eigenvalue weighted by Crippen LogP contribution is 2.18. The van der Waals surface area contributed by atoms with E-state index in [-0.39, 0.29) is 42.9 Å². The Balaban J connectivity index is 1.54. The molecule has 140 valence electrons. The highest BCUT2D eigenvalue weighted by molar-refractivity contribution is 5.92. The molecule has 1 amide bonds. The van der Waals surface area contributed by atoms with E-state index in [1.54, 1.807) is 0 Å². The Morgan fingerprint density at radius 2 is 2.23 bits per heavy atom. The summed E-state index contributed by atoms with van der Waals surface area (Å²) in [6, 6.07) is 2.57. The van der Waals surface area contributed by atoms with Gasteiger partial charge in [0.25, 0.3) is 5.91 Å². The minimum atomic E-state index is -2.97. The fraction of sp³-hybridized carbons (Fsp3) is 0.400. The smallest absolute Gasteiger partial charge is 0.388 e. The van der Waals surface area contributed by atoms with Gasteiger partial charge in [-0.1, -0.05) is 0 Å². The number of hydrogen-bond acceptors (Lipinski definition) is 7. The first-order valence-corrected chi connectivity index (χ1v) is 7.52. The number of aliphatic hydroxyl groups excluding tert-OH is 1. The van der Waals surface area contributed by atoms with E-state index < -0.39 is 24.8 Å². The average Bonchev–Trinajstić information content (AvgIpc) is 3.20. The van der Waals surface area contributed by atoms with Crippen LogP contribution in [0.1, 0.15) is 16.4 Å². The van der Waals surface area contributed by atoms with Gasteiger partial charge in [0, 0.05) is 6.07 Å². The van der Waals surface area contributed by atoms with Gasteiger partial charge in [0.05, 0.1) is 19.3 Å². The third-order valence-electron chi connectivity index (χ3n) is 3.56. The van der Waals surface area contributed by atoms with Crippen LogP contribution in [0, 0.1) is 0 Å². The summed E-state index contributed by atoms with van der Waals surface area (Å²) in [7, 11) is 0. The normalized spacial score (nSPS) is 19.8. The summed E-state index contributed by atoms with van der Waals surface area (Å²) in [5.74, 6) is -0.483. The van der Waals surface area contributed by atoms with Gasteiger partial charge in [-0.2, -0.15) is 8.78 Å². The molecule has 8 nitrogen and oxygen atoms in total. The van der Waals surface area contributed by atoms with E-state index in [2.05, 4.69) is 14.7 Å². The molecule has 3 heterocycles. The monoisotopic (exact) mass is 373 g/mol. The Morgan fingerprint density at radius 3 is 2.85 bits per heavy atom. The second-order valence-corrected chi connectivity index (χ2v) is 5.42. The number of carbonyl (C=O) groups excluding carboxylic acids is 1. The molecule has 0 bridgehead atoms. The lowest BCUT2D eigenvalue weighted by atomic mass is 10.3. The van der Waals surface area contributed by atoms with Crippen molar-refractivity contribution in [1.29, 1.82) is 0 Å². The molecule has 1 fully saturated rings. The van der Waals surface area contributed by atoms with Crippen molar-refractivity contribution in [2.75, 3.05) is 13.1 Å². The van der Waals surface area contributed by atoms with Gasteiger partial charge >= 0.3 is 6.61 Å². The van der Waals surface area contributed by atoms with Gasteiger partial charge < -0.3 is 23.9 Å². The van der Waals surface area contributed by atoms with E-state index in [0.717, 1.165) is 11.2 Å². The van der Waals surface area contributed by atoms with Crippen molar-refractivity contribution in [1.82, 2.24) is 14.9 Å². The predicted molar refractivity (Wildman–Crippen MR) is 78.5 cm³/mol. The molecule has 1 N–H and O–H groups in total. The van der Waals surface area contributed by atoms with E-state index in [1.165, 1.54) is 18.3 Å². The van der Waals surface area contributed by atoms with Crippen molar-refractivity contribution >= 4 is 5.91 Å². The van der Waals surface area contributed by atoms with Crippen LogP contribution in [-0.2, 0) is 6.61 Å². The van der Waals surface area contributed by atoms with Gasteiger partial charge in [0.15, 0.2) is 12.3 Å². The lowest BCUT2D eigenvalue weighted by Crippen LogP contribution is -2.29. The number of amides is 1. The van der Waals surface area contributed by atoms with Crippen molar-refractivity contribution in [2.24, 2.45) is 0 Å². The molecule has 3 rings (SSSR count). The Bertz CT molecular complexity index is 745. The summed E-state index contributed by atoms with van der Waals surface area (Å²) in [6.45, 7) is -3.44. The van der Waals surface area contributed by atoms with Crippen molar-refractivity contribution in [2.45, 2.75) is 25.5 Å². The van der Waals surface area contributed by atoms with Crippen LogP contribution in [0.25, 0.3) is 0 Å². The van der Waals surface area contributed by atoms with Crippen molar-refractivity contribution < 1.29 is 37.0 Å². The number of rotatable bonds is 6. The highest BCUT2D eigenvalue weighted by Gasteiger charge is 2.35. The fourth-order valence-electron chi connectivity index (χ4n) is 2.31. The van der Waals surface area contributed by atoms with Crippen LogP contribution < -0.4 is 9.47 Å². The molecule has 1 aliphatic heterocycles. The Labute approximate surface area is 145 Å². The van der Waals surface area contributed by atoms with Gasteiger partial charge in [-0.3, -0.25) is 4.79 Å². The van der Waals surface area contributed by atoms with Crippen LogP contribution in [0.5, 0.6) is 11.6 Å². The molecular formula is C15H14F3N3O5. The second-order valence-electron chi connectivity index (χ2n) is 5.42. The number of pyridine rings is 1. The number of β-amino-alcohol motifs (C(OH)–C–C–N with tert-alkyl or cyclic N) is 1. The minimum Gasteiger partial charge on any atom is -0.482 e. The van der Waals surface area contributed by atoms with Crippen LogP contribution in [0.2, 0.25) is 0 Å². The quantitative estimate of drug-likeness (QED) is 0.817. The standard InChI is InChI=1S/C15H14F3N3O5/c16-9-4-21(5-11(9)22)14(23)10-6-25-13(20-10)7-24-8-1-2-12(19-3-8)26-15(17)18/h1-3,6,9,11,15,22H,4-5,7H2/t9-,11-/m1/s1. The maximum atomic E-state index is 13.3. The molecular weight excluding hydrogens is 359 g/mol. The SMILES string of the molecule is O=C(c1coc(COc2ccc(OC(F)F)nc2)n1)N1C[C@@H](O)[C@H](F)C1. The maximum absolute atomic E-state index is 13.3. The third-order valence-corrected chi connectivity index (χ3v) is 3.56. The number of alkyl halides is 3. The molecule has 0 saturated carbocycles. The lowest BCUT2D eigenvalue weighted by molar-refractivity contribution is -0.0529. The van der Waals surface area contributed by atoms with Crippen LogP contribution in [-0.4, -0.2) is 57.9 Å². The zero-order chi connectivity index (χ0) is 18.7. The Kier molecular flexibility index (Phi) is 5.26. The Morgan fingerprint density at radius 1 is 1.42 bits per heavy atom. The molecule has 2 atom stereocenters. The molecule has 0 spiro atoms. The number of aromatic nitrogens is 2. The summed E-state index contributed by atoms with van der Waals surface area (Å²) >= 11 is 0. The highest BCUT2D eigenvalue weighted by atomic mass is 19.3. The predicted octanol–water partition coefficient (Wildman–Crippen LogP) is 1.40. The molecule has 1 aliphatic rings. The van der Waals surface area contributed by atoms with Crippen LogP contribution in [0.15, 0.2) is 29.0 Å². The lowest BCUT2D eigenvalue weighted by Gasteiger charge is -2.12. The van der Waals surface area contributed by atoms with Crippen molar-refractivity contribution in [3.8, 4) is 11.6 Å². The van der Waals surface area contributed by atoms with Crippen LogP contribution in [0.4, 0.5) is 13.2 Å². The van der Waals surface area contributed by atoms with Gasteiger partial charge in [-0.25, -0.2) is 14.4 Å². The Hall–Kier alpha value is -2.82. The molecule has 2 aromatic rings.